The molecule has 0 atom stereocenters. The van der Waals surface area contributed by atoms with Crippen molar-refractivity contribution in [2.75, 3.05) is 23.4 Å². The molecule has 0 saturated heterocycles. The average molecular weight is 338 g/mol. The number of hydrogen-bond donors (Lipinski definition) is 1. The Kier molecular flexibility index (Phi) is 4.74. The molecule has 1 aliphatic rings. The number of nitrogens with one attached hydrogen (secondary N) is 1. The number of aryl methyl sites for hydroxylation is 1. The van der Waals surface area contributed by atoms with Gasteiger partial charge in [-0.1, -0.05) is 32.0 Å². The second kappa shape index (κ2) is 6.97. The molecule has 2 aromatic rings. The van der Waals surface area contributed by atoms with Crippen LogP contribution in [0.5, 0.6) is 5.75 Å². The molecule has 1 heterocycles. The second-order valence-corrected chi connectivity index (χ2v) is 6.64. The first-order valence-electron chi connectivity index (χ1n) is 8.40. The molecule has 1 aliphatic heterocycles. The van der Waals surface area contributed by atoms with Crippen molar-refractivity contribution in [3.63, 3.8) is 0 Å². The number of carbonyl (C=O) groups is 2. The highest BCUT2D eigenvalue weighted by molar-refractivity contribution is 6.06. The Bertz CT molecular complexity index is 814. The molecular weight excluding hydrogens is 316 g/mol. The zero-order chi connectivity index (χ0) is 18.0. The van der Waals surface area contributed by atoms with E-state index in [0.29, 0.717) is 35.2 Å². The van der Waals surface area contributed by atoms with Gasteiger partial charge in [0.25, 0.3) is 11.8 Å². The molecule has 130 valence electrons. The fraction of sp³-hybridized carbons (Fsp3) is 0.300. The lowest BCUT2D eigenvalue weighted by atomic mass is 10.1. The molecule has 0 bridgehead atoms. The van der Waals surface area contributed by atoms with Gasteiger partial charge in [0, 0.05) is 17.8 Å². The van der Waals surface area contributed by atoms with E-state index in [1.165, 1.54) is 0 Å². The highest BCUT2D eigenvalue weighted by atomic mass is 16.5. The standard InChI is InChI=1S/C20H22N2O3/c1-13(2)11-22-17-10-15(8-9-18(17)25-12-19(22)23)21-20(24)16-7-5-4-6-14(16)3/h4-10,13H,11-12H2,1-3H3,(H,21,24). The van der Waals surface area contributed by atoms with E-state index in [1.54, 1.807) is 29.2 Å². The zero-order valence-corrected chi connectivity index (χ0v) is 14.7. The molecule has 5 heteroatoms. The normalized spacial score (nSPS) is 13.4. The van der Waals surface area contributed by atoms with Crippen molar-refractivity contribution in [2.24, 2.45) is 5.92 Å². The van der Waals surface area contributed by atoms with E-state index < -0.39 is 0 Å². The topological polar surface area (TPSA) is 58.6 Å². The number of rotatable bonds is 4. The fourth-order valence-electron chi connectivity index (χ4n) is 2.87. The maximum atomic E-state index is 12.5. The summed E-state index contributed by atoms with van der Waals surface area (Å²) in [6.07, 6.45) is 0. The third-order valence-corrected chi connectivity index (χ3v) is 4.10. The molecule has 1 N–H and O–H groups in total. The largest absolute Gasteiger partial charge is 0.482 e. The number of fused-ring (bicyclic) bond motifs is 1. The van der Waals surface area contributed by atoms with E-state index in [-0.39, 0.29) is 18.4 Å². The minimum atomic E-state index is -0.170. The van der Waals surface area contributed by atoms with Gasteiger partial charge in [0.1, 0.15) is 5.75 Å². The van der Waals surface area contributed by atoms with Gasteiger partial charge in [0.2, 0.25) is 0 Å². The Morgan fingerprint density at radius 2 is 2.00 bits per heavy atom. The quantitative estimate of drug-likeness (QED) is 0.926. The van der Waals surface area contributed by atoms with Crippen LogP contribution in [-0.2, 0) is 4.79 Å². The number of anilines is 2. The number of carbonyl (C=O) groups excluding carboxylic acids is 2. The molecule has 3 rings (SSSR count). The van der Waals surface area contributed by atoms with Crippen molar-refractivity contribution in [3.05, 3.63) is 53.6 Å². The predicted octanol–water partition coefficient (Wildman–Crippen LogP) is 3.63. The lowest BCUT2D eigenvalue weighted by Gasteiger charge is -2.31. The summed E-state index contributed by atoms with van der Waals surface area (Å²) in [4.78, 5) is 26.4. The van der Waals surface area contributed by atoms with Gasteiger partial charge < -0.3 is 15.0 Å². The molecule has 0 radical (unpaired) electrons. The molecule has 0 unspecified atom stereocenters. The molecule has 2 aromatic carbocycles. The first kappa shape index (κ1) is 17.0. The molecule has 0 aromatic heterocycles. The first-order chi connectivity index (χ1) is 12.0. The number of amides is 2. The number of hydrogen-bond acceptors (Lipinski definition) is 3. The SMILES string of the molecule is Cc1ccccc1C(=O)Nc1ccc2c(c1)N(CC(C)C)C(=O)CO2. The van der Waals surface area contributed by atoms with Crippen LogP contribution in [0, 0.1) is 12.8 Å². The number of nitrogens with zero attached hydrogens (tertiary/aromatic N) is 1. The minimum Gasteiger partial charge on any atom is -0.482 e. The summed E-state index contributed by atoms with van der Waals surface area (Å²) in [5, 5.41) is 2.91. The summed E-state index contributed by atoms with van der Waals surface area (Å²) in [5.74, 6) is 0.759. The van der Waals surface area contributed by atoms with Crippen LogP contribution in [0.2, 0.25) is 0 Å². The fourth-order valence-corrected chi connectivity index (χ4v) is 2.87. The third kappa shape index (κ3) is 3.65. The smallest absolute Gasteiger partial charge is 0.265 e. The van der Waals surface area contributed by atoms with E-state index in [9.17, 15) is 9.59 Å². The molecule has 0 spiro atoms. The third-order valence-electron chi connectivity index (χ3n) is 4.10. The molecule has 2 amide bonds. The van der Waals surface area contributed by atoms with Crippen LogP contribution in [0.25, 0.3) is 0 Å². The van der Waals surface area contributed by atoms with Gasteiger partial charge in [-0.25, -0.2) is 0 Å². The molecule has 0 fully saturated rings. The van der Waals surface area contributed by atoms with Crippen LogP contribution < -0.4 is 15.0 Å². The summed E-state index contributed by atoms with van der Waals surface area (Å²) >= 11 is 0. The zero-order valence-electron chi connectivity index (χ0n) is 14.7. The van der Waals surface area contributed by atoms with E-state index in [4.69, 9.17) is 4.74 Å². The Morgan fingerprint density at radius 1 is 1.24 bits per heavy atom. The van der Waals surface area contributed by atoms with Crippen LogP contribution in [0.15, 0.2) is 42.5 Å². The van der Waals surface area contributed by atoms with Gasteiger partial charge in [0.05, 0.1) is 5.69 Å². The van der Waals surface area contributed by atoms with Gasteiger partial charge in [-0.15, -0.1) is 0 Å². The van der Waals surface area contributed by atoms with Crippen molar-refractivity contribution in [3.8, 4) is 5.75 Å². The molecule has 5 nitrogen and oxygen atoms in total. The van der Waals surface area contributed by atoms with E-state index in [2.05, 4.69) is 19.2 Å². The van der Waals surface area contributed by atoms with Crippen molar-refractivity contribution in [1.29, 1.82) is 0 Å². The lowest BCUT2D eigenvalue weighted by molar-refractivity contribution is -0.121. The van der Waals surface area contributed by atoms with Crippen LogP contribution in [-0.4, -0.2) is 25.0 Å². The first-order valence-corrected chi connectivity index (χ1v) is 8.40. The lowest BCUT2D eigenvalue weighted by Crippen LogP contribution is -2.41. The van der Waals surface area contributed by atoms with Gasteiger partial charge in [-0.2, -0.15) is 0 Å². The van der Waals surface area contributed by atoms with E-state index >= 15 is 0 Å². The second-order valence-electron chi connectivity index (χ2n) is 6.64. The number of ether oxygens (including phenoxy) is 1. The predicted molar refractivity (Wildman–Crippen MR) is 98.3 cm³/mol. The van der Waals surface area contributed by atoms with Gasteiger partial charge in [-0.3, -0.25) is 9.59 Å². The summed E-state index contributed by atoms with van der Waals surface area (Å²) in [6.45, 7) is 6.69. The highest BCUT2D eigenvalue weighted by Crippen LogP contribution is 2.35. The summed E-state index contributed by atoms with van der Waals surface area (Å²) in [7, 11) is 0. The van der Waals surface area contributed by atoms with E-state index in [0.717, 1.165) is 5.56 Å². The molecule has 0 saturated carbocycles. The number of benzene rings is 2. The van der Waals surface area contributed by atoms with Crippen molar-refractivity contribution >= 4 is 23.2 Å². The van der Waals surface area contributed by atoms with Gasteiger partial charge >= 0.3 is 0 Å². The maximum Gasteiger partial charge on any atom is 0.265 e. The van der Waals surface area contributed by atoms with Gasteiger partial charge in [0.15, 0.2) is 6.61 Å². The Hall–Kier alpha value is -2.82. The Morgan fingerprint density at radius 3 is 2.72 bits per heavy atom. The monoisotopic (exact) mass is 338 g/mol. The Labute approximate surface area is 147 Å². The molecular formula is C20H22N2O3. The van der Waals surface area contributed by atoms with E-state index in [1.807, 2.05) is 25.1 Å². The van der Waals surface area contributed by atoms with Crippen molar-refractivity contribution < 1.29 is 14.3 Å². The summed E-state index contributed by atoms with van der Waals surface area (Å²) in [5.41, 5.74) is 2.89. The average Bonchev–Trinajstić information content (AvgIpc) is 2.57. The molecule has 25 heavy (non-hydrogen) atoms. The van der Waals surface area contributed by atoms with Gasteiger partial charge in [-0.05, 0) is 42.7 Å². The van der Waals surface area contributed by atoms with Crippen molar-refractivity contribution in [2.45, 2.75) is 20.8 Å². The van der Waals surface area contributed by atoms with Crippen LogP contribution in [0.4, 0.5) is 11.4 Å². The minimum absolute atomic E-state index is 0.0502. The Balaban J connectivity index is 1.87. The van der Waals surface area contributed by atoms with Crippen LogP contribution >= 0.6 is 0 Å². The maximum absolute atomic E-state index is 12.5. The van der Waals surface area contributed by atoms with Crippen LogP contribution in [0.1, 0.15) is 29.8 Å². The highest BCUT2D eigenvalue weighted by Gasteiger charge is 2.26. The van der Waals surface area contributed by atoms with Crippen LogP contribution in [0.3, 0.4) is 0 Å². The summed E-state index contributed by atoms with van der Waals surface area (Å²) < 4.78 is 5.51. The summed E-state index contributed by atoms with van der Waals surface area (Å²) in [6, 6.07) is 12.8. The van der Waals surface area contributed by atoms with Crippen molar-refractivity contribution in [1.82, 2.24) is 0 Å². The molecule has 0 aliphatic carbocycles.